The van der Waals surface area contributed by atoms with Gasteiger partial charge in [-0.3, -0.25) is 4.90 Å². The lowest BCUT2D eigenvalue weighted by molar-refractivity contribution is -0.0715. The van der Waals surface area contributed by atoms with Crippen LogP contribution in [0.4, 0.5) is 0 Å². The molecule has 192 valence electrons. The molecule has 0 aliphatic carbocycles. The number of rotatable bonds is 8. The monoisotopic (exact) mass is 550 g/mol. The van der Waals surface area contributed by atoms with Crippen molar-refractivity contribution in [2.24, 2.45) is 0 Å². The summed E-state index contributed by atoms with van der Waals surface area (Å²) in [4.78, 5) is 6.23. The summed E-state index contributed by atoms with van der Waals surface area (Å²) in [5, 5.41) is 5.40. The molecule has 2 saturated heterocycles. The van der Waals surface area contributed by atoms with E-state index in [2.05, 4.69) is 15.0 Å². The quantitative estimate of drug-likeness (QED) is 0.419. The van der Waals surface area contributed by atoms with Gasteiger partial charge in [0.25, 0.3) is 0 Å². The van der Waals surface area contributed by atoms with Crippen LogP contribution in [0.25, 0.3) is 0 Å². The molecular weight excluding hydrogens is 523 g/mol. The molecule has 1 aromatic heterocycles. The summed E-state index contributed by atoms with van der Waals surface area (Å²) in [7, 11) is -2.87. The van der Waals surface area contributed by atoms with Crippen molar-refractivity contribution in [3.63, 3.8) is 0 Å². The van der Waals surface area contributed by atoms with Gasteiger partial charge in [-0.25, -0.2) is 18.1 Å². The third-order valence-electron chi connectivity index (χ3n) is 6.77. The van der Waals surface area contributed by atoms with Gasteiger partial charge in [0.15, 0.2) is 9.84 Å². The van der Waals surface area contributed by atoms with Crippen molar-refractivity contribution in [2.75, 3.05) is 31.2 Å². The summed E-state index contributed by atoms with van der Waals surface area (Å²) in [5.41, 5.74) is 1.35. The van der Waals surface area contributed by atoms with Crippen molar-refractivity contribution < 1.29 is 17.9 Å². The molecule has 0 spiro atoms. The molecule has 2 aromatic carbocycles. The van der Waals surface area contributed by atoms with Crippen molar-refractivity contribution in [3.8, 4) is 5.75 Å². The van der Waals surface area contributed by atoms with Crippen molar-refractivity contribution >= 4 is 33.0 Å². The lowest BCUT2D eigenvalue weighted by atomic mass is 9.90. The second-order valence-electron chi connectivity index (χ2n) is 9.37. The highest BCUT2D eigenvalue weighted by atomic mass is 35.5. The molecule has 3 aromatic rings. The van der Waals surface area contributed by atoms with Gasteiger partial charge in [-0.15, -0.1) is 0 Å². The van der Waals surface area contributed by atoms with E-state index in [9.17, 15) is 8.42 Å². The third-order valence-corrected chi connectivity index (χ3v) is 8.93. The molecule has 2 aliphatic rings. The lowest BCUT2D eigenvalue weighted by Crippen LogP contribution is -2.39. The van der Waals surface area contributed by atoms with Gasteiger partial charge in [0, 0.05) is 35.2 Å². The van der Waals surface area contributed by atoms with Gasteiger partial charge in [0.2, 0.25) is 0 Å². The maximum Gasteiger partial charge on any atom is 0.152 e. The SMILES string of the molecule is O=S1(=O)CCN(Cc2ccc(OC[C@H]3CC[C@](Cn4cncn4)(c4ccc(Cl)cc4Cl)O3)cc2)CC1. The Hall–Kier alpha value is -2.17. The van der Waals surface area contributed by atoms with Gasteiger partial charge in [-0.05, 0) is 42.7 Å². The van der Waals surface area contributed by atoms with Crippen LogP contribution in [0, 0.1) is 0 Å². The first-order valence-electron chi connectivity index (χ1n) is 11.9. The Morgan fingerprint density at radius 3 is 2.58 bits per heavy atom. The molecule has 0 saturated carbocycles. The zero-order valence-corrected chi connectivity index (χ0v) is 22.1. The second kappa shape index (κ2) is 10.7. The summed E-state index contributed by atoms with van der Waals surface area (Å²) >= 11 is 12.7. The van der Waals surface area contributed by atoms with Crippen LogP contribution < -0.4 is 4.74 Å². The van der Waals surface area contributed by atoms with E-state index in [1.165, 1.54) is 6.33 Å². The highest BCUT2D eigenvalue weighted by Gasteiger charge is 2.44. The van der Waals surface area contributed by atoms with Crippen LogP contribution in [0.5, 0.6) is 5.75 Å². The molecule has 8 nitrogen and oxygen atoms in total. The van der Waals surface area contributed by atoms with Gasteiger partial charge < -0.3 is 9.47 Å². The number of hydrogen-bond donors (Lipinski definition) is 0. The Balaban J connectivity index is 1.20. The van der Waals surface area contributed by atoms with Crippen LogP contribution in [-0.4, -0.2) is 65.4 Å². The number of benzene rings is 2. The van der Waals surface area contributed by atoms with E-state index in [0.717, 1.165) is 36.3 Å². The topological polar surface area (TPSA) is 86.6 Å². The van der Waals surface area contributed by atoms with Gasteiger partial charge >= 0.3 is 0 Å². The molecule has 0 N–H and O–H groups in total. The Bertz CT molecular complexity index is 1270. The summed E-state index contributed by atoms with van der Waals surface area (Å²) in [6.07, 6.45) is 4.62. The zero-order chi connectivity index (χ0) is 25.2. The predicted molar refractivity (Wildman–Crippen MR) is 138 cm³/mol. The first-order chi connectivity index (χ1) is 17.3. The number of halogens is 2. The van der Waals surface area contributed by atoms with Crippen molar-refractivity contribution in [1.29, 1.82) is 0 Å². The highest BCUT2D eigenvalue weighted by molar-refractivity contribution is 7.91. The Morgan fingerprint density at radius 2 is 1.89 bits per heavy atom. The minimum absolute atomic E-state index is 0.116. The molecule has 2 fully saturated rings. The second-order valence-corrected chi connectivity index (χ2v) is 12.5. The van der Waals surface area contributed by atoms with E-state index in [4.69, 9.17) is 32.7 Å². The van der Waals surface area contributed by atoms with Crippen LogP contribution in [0.3, 0.4) is 0 Å². The molecule has 2 aliphatic heterocycles. The van der Waals surface area contributed by atoms with E-state index in [0.29, 0.717) is 36.3 Å². The number of ether oxygens (including phenoxy) is 2. The average Bonchev–Trinajstić information content (AvgIpc) is 3.51. The Labute approximate surface area is 221 Å². The van der Waals surface area contributed by atoms with Crippen LogP contribution in [0.2, 0.25) is 10.0 Å². The molecule has 3 heterocycles. The van der Waals surface area contributed by atoms with E-state index in [-0.39, 0.29) is 17.6 Å². The van der Waals surface area contributed by atoms with Gasteiger partial charge in [0.1, 0.15) is 30.6 Å². The van der Waals surface area contributed by atoms with Gasteiger partial charge in [0.05, 0.1) is 24.2 Å². The number of nitrogens with zero attached hydrogens (tertiary/aromatic N) is 4. The molecule has 5 rings (SSSR count). The predicted octanol–water partition coefficient (Wildman–Crippen LogP) is 3.97. The minimum atomic E-state index is -2.87. The fourth-order valence-electron chi connectivity index (χ4n) is 4.83. The van der Waals surface area contributed by atoms with E-state index < -0.39 is 15.4 Å². The molecule has 36 heavy (non-hydrogen) atoms. The van der Waals surface area contributed by atoms with Crippen molar-refractivity contribution in [1.82, 2.24) is 19.7 Å². The number of hydrogen-bond acceptors (Lipinski definition) is 7. The molecule has 0 bridgehead atoms. The Kier molecular flexibility index (Phi) is 7.55. The average molecular weight is 551 g/mol. The van der Waals surface area contributed by atoms with Gasteiger partial charge in [-0.2, -0.15) is 5.10 Å². The molecule has 0 amide bonds. The number of sulfone groups is 1. The standard InChI is InChI=1S/C25H28Cl2N4O4S/c26-20-3-6-23(24(27)13-20)25(16-31-18-28-17-29-31)8-7-22(35-25)15-34-21-4-1-19(2-5-21)14-30-9-11-36(32,33)12-10-30/h1-6,13,17-18,22H,7-12,14-16H2/t22-,25+/m1/s1. The first kappa shape index (κ1) is 25.5. The molecule has 0 unspecified atom stereocenters. The van der Waals surface area contributed by atoms with E-state index >= 15 is 0 Å². The third kappa shape index (κ3) is 6.03. The summed E-state index contributed by atoms with van der Waals surface area (Å²) in [6.45, 7) is 2.78. The smallest absolute Gasteiger partial charge is 0.152 e. The van der Waals surface area contributed by atoms with E-state index in [1.54, 1.807) is 17.1 Å². The number of aromatic nitrogens is 3. The minimum Gasteiger partial charge on any atom is -0.491 e. The van der Waals surface area contributed by atoms with E-state index in [1.807, 2.05) is 36.4 Å². The van der Waals surface area contributed by atoms with Gasteiger partial charge in [-0.1, -0.05) is 41.4 Å². The normalized spacial score (nSPS) is 24.1. The maximum absolute atomic E-state index is 11.6. The maximum atomic E-state index is 11.6. The fourth-order valence-corrected chi connectivity index (χ4v) is 6.69. The Morgan fingerprint density at radius 1 is 1.11 bits per heavy atom. The largest absolute Gasteiger partial charge is 0.491 e. The highest BCUT2D eigenvalue weighted by Crippen LogP contribution is 2.44. The molecule has 2 atom stereocenters. The molecular formula is C25H28Cl2N4O4S. The molecule has 11 heteroatoms. The van der Waals surface area contributed by atoms with Crippen molar-refractivity contribution in [2.45, 2.75) is 37.6 Å². The lowest BCUT2D eigenvalue weighted by Gasteiger charge is -2.31. The summed E-state index contributed by atoms with van der Waals surface area (Å²) in [5.74, 6) is 1.23. The van der Waals surface area contributed by atoms with Crippen LogP contribution >= 0.6 is 23.2 Å². The fraction of sp³-hybridized carbons (Fsp3) is 0.440. The summed E-state index contributed by atoms with van der Waals surface area (Å²) < 4.78 is 37.7. The van der Waals surface area contributed by atoms with Crippen LogP contribution in [-0.2, 0) is 33.3 Å². The van der Waals surface area contributed by atoms with Crippen LogP contribution in [0.15, 0.2) is 55.1 Å². The molecule has 0 radical (unpaired) electrons. The van der Waals surface area contributed by atoms with Crippen LogP contribution in [0.1, 0.15) is 24.0 Å². The van der Waals surface area contributed by atoms with Crippen molar-refractivity contribution in [3.05, 3.63) is 76.3 Å². The first-order valence-corrected chi connectivity index (χ1v) is 14.5. The zero-order valence-electron chi connectivity index (χ0n) is 19.7. The summed E-state index contributed by atoms with van der Waals surface area (Å²) in [6, 6.07) is 13.4.